The highest BCUT2D eigenvalue weighted by molar-refractivity contribution is 5.70. The average Bonchev–Trinajstić information content (AvgIpc) is 2.41. The molecule has 3 atom stereocenters. The molecule has 0 aromatic rings. The molecule has 2 fully saturated rings. The molecule has 122 valence electrons. The normalized spacial score (nSPS) is 37.5. The maximum Gasteiger partial charge on any atom is 0.361 e. The lowest BCUT2D eigenvalue weighted by molar-refractivity contribution is -0.898. The lowest BCUT2D eigenvalue weighted by atomic mass is 9.75. The minimum atomic E-state index is 0.0318. The highest BCUT2D eigenvalue weighted by Gasteiger charge is 2.34. The predicted molar refractivity (Wildman–Crippen MR) is 85.2 cm³/mol. The van der Waals surface area contributed by atoms with E-state index in [-0.39, 0.29) is 12.1 Å². The lowest BCUT2D eigenvalue weighted by Gasteiger charge is -2.37. The van der Waals surface area contributed by atoms with Crippen molar-refractivity contribution in [2.24, 2.45) is 23.7 Å². The number of rotatable bonds is 4. The monoisotopic (exact) mass is 296 g/mol. The van der Waals surface area contributed by atoms with Gasteiger partial charge < -0.3 is 9.64 Å². The number of quaternary nitrogens is 1. The van der Waals surface area contributed by atoms with E-state index in [0.29, 0.717) is 24.3 Å². The molecule has 0 amide bonds. The number of hydrogen-bond donors (Lipinski definition) is 1. The van der Waals surface area contributed by atoms with E-state index in [1.54, 1.807) is 0 Å². The summed E-state index contributed by atoms with van der Waals surface area (Å²) in [5.74, 6) is 2.72. The van der Waals surface area contributed by atoms with Crippen molar-refractivity contribution in [1.29, 1.82) is 0 Å². The zero-order valence-corrected chi connectivity index (χ0v) is 14.4. The van der Waals surface area contributed by atoms with Gasteiger partial charge in [0.25, 0.3) is 0 Å². The third kappa shape index (κ3) is 4.98. The number of nitrogens with one attached hydrogen (secondary N) is 1. The molecular weight excluding hydrogens is 262 g/mol. The van der Waals surface area contributed by atoms with E-state index in [4.69, 9.17) is 4.74 Å². The zero-order chi connectivity index (χ0) is 15.4. The van der Waals surface area contributed by atoms with Crippen molar-refractivity contribution < 1.29 is 14.4 Å². The van der Waals surface area contributed by atoms with Crippen LogP contribution in [0.25, 0.3) is 0 Å². The Hall–Kier alpha value is -0.570. The molecule has 0 aromatic carbocycles. The molecule has 2 rings (SSSR count). The summed E-state index contributed by atoms with van der Waals surface area (Å²) >= 11 is 0. The number of likely N-dealkylation sites (tertiary alicyclic amines) is 1. The van der Waals surface area contributed by atoms with Crippen LogP contribution in [0.1, 0.15) is 59.8 Å². The zero-order valence-electron chi connectivity index (χ0n) is 14.4. The van der Waals surface area contributed by atoms with Gasteiger partial charge in [-0.05, 0) is 49.4 Å². The minimum absolute atomic E-state index is 0.0318. The van der Waals surface area contributed by atoms with Crippen molar-refractivity contribution in [2.45, 2.75) is 65.9 Å². The fourth-order valence-electron chi connectivity index (χ4n) is 4.01. The molecule has 1 saturated heterocycles. The van der Waals surface area contributed by atoms with Crippen molar-refractivity contribution in [2.75, 3.05) is 19.6 Å². The molecule has 1 heterocycles. The first kappa shape index (κ1) is 16.8. The molecule has 1 aliphatic carbocycles. The first-order chi connectivity index (χ1) is 9.95. The van der Waals surface area contributed by atoms with Crippen LogP contribution < -0.4 is 4.90 Å². The summed E-state index contributed by atoms with van der Waals surface area (Å²) < 4.78 is 5.91. The number of esters is 1. The molecule has 2 aliphatic rings. The van der Waals surface area contributed by atoms with Crippen LogP contribution in [0.15, 0.2) is 0 Å². The number of ether oxygens (including phenoxy) is 1. The van der Waals surface area contributed by atoms with Crippen molar-refractivity contribution in [3.8, 4) is 0 Å². The van der Waals surface area contributed by atoms with Crippen molar-refractivity contribution >= 4 is 5.97 Å². The number of piperidine rings is 1. The largest absolute Gasteiger partial charge is 0.458 e. The topological polar surface area (TPSA) is 30.7 Å². The Morgan fingerprint density at radius 3 is 2.38 bits per heavy atom. The molecule has 0 aromatic heterocycles. The third-order valence-corrected chi connectivity index (χ3v) is 5.62. The van der Waals surface area contributed by atoms with E-state index in [2.05, 4.69) is 27.7 Å². The van der Waals surface area contributed by atoms with Crippen LogP contribution in [0.4, 0.5) is 0 Å². The number of hydrogen-bond acceptors (Lipinski definition) is 2. The third-order valence-electron chi connectivity index (χ3n) is 5.62. The van der Waals surface area contributed by atoms with Gasteiger partial charge in [0.1, 0.15) is 6.10 Å². The summed E-state index contributed by atoms with van der Waals surface area (Å²) in [4.78, 5) is 13.7. The molecule has 0 bridgehead atoms. The Bertz CT molecular complexity index is 334. The van der Waals surface area contributed by atoms with Crippen LogP contribution in [-0.4, -0.2) is 31.7 Å². The standard InChI is InChI=1S/C18H33NO2/c1-13(2)16-6-5-15(4)11-17(16)21-18(20)12-19-9-7-14(3)8-10-19/h13-17H,5-12H2,1-4H3/p+1/t15-,16-,17-/m1/s1. The van der Waals surface area contributed by atoms with Gasteiger partial charge in [0.2, 0.25) is 0 Å². The molecule has 1 N–H and O–H groups in total. The van der Waals surface area contributed by atoms with Gasteiger partial charge in [-0.2, -0.15) is 0 Å². The Morgan fingerprint density at radius 2 is 1.76 bits per heavy atom. The van der Waals surface area contributed by atoms with Gasteiger partial charge in [-0.15, -0.1) is 0 Å². The second kappa shape index (κ2) is 7.62. The Morgan fingerprint density at radius 1 is 1.10 bits per heavy atom. The van der Waals surface area contributed by atoms with Crippen LogP contribution in [0.5, 0.6) is 0 Å². The minimum Gasteiger partial charge on any atom is -0.458 e. The first-order valence-electron chi connectivity index (χ1n) is 8.98. The van der Waals surface area contributed by atoms with Crippen LogP contribution >= 0.6 is 0 Å². The van der Waals surface area contributed by atoms with Gasteiger partial charge in [-0.3, -0.25) is 0 Å². The smallest absolute Gasteiger partial charge is 0.361 e. The van der Waals surface area contributed by atoms with E-state index in [9.17, 15) is 4.79 Å². The van der Waals surface area contributed by atoms with E-state index in [1.807, 2.05) is 0 Å². The average molecular weight is 296 g/mol. The molecule has 0 spiro atoms. The second-order valence-corrected chi connectivity index (χ2v) is 7.96. The SMILES string of the molecule is CC1CC[NH+](CC(=O)O[C@@H]2C[C@H](C)CC[C@@H]2C(C)C)CC1. The Balaban J connectivity index is 1.82. The van der Waals surface area contributed by atoms with Gasteiger partial charge in [0.05, 0.1) is 13.1 Å². The van der Waals surface area contributed by atoms with Crippen LogP contribution in [0.3, 0.4) is 0 Å². The molecular formula is C18H34NO2+. The quantitative estimate of drug-likeness (QED) is 0.807. The maximum absolute atomic E-state index is 12.3. The van der Waals surface area contributed by atoms with Crippen molar-refractivity contribution in [3.05, 3.63) is 0 Å². The van der Waals surface area contributed by atoms with Gasteiger partial charge in [-0.1, -0.05) is 34.1 Å². The van der Waals surface area contributed by atoms with E-state index < -0.39 is 0 Å². The van der Waals surface area contributed by atoms with Crippen LogP contribution in [-0.2, 0) is 9.53 Å². The molecule has 0 unspecified atom stereocenters. The Labute approximate surface area is 130 Å². The molecule has 3 nitrogen and oxygen atoms in total. The summed E-state index contributed by atoms with van der Waals surface area (Å²) in [5.41, 5.74) is 0. The van der Waals surface area contributed by atoms with Gasteiger partial charge in [0.15, 0.2) is 6.54 Å². The predicted octanol–water partition coefficient (Wildman–Crippen LogP) is 2.31. The second-order valence-electron chi connectivity index (χ2n) is 7.96. The van der Waals surface area contributed by atoms with E-state index in [1.165, 1.54) is 30.6 Å². The molecule has 1 saturated carbocycles. The highest BCUT2D eigenvalue weighted by Crippen LogP contribution is 2.35. The summed E-state index contributed by atoms with van der Waals surface area (Å²) in [6.07, 6.45) is 6.21. The van der Waals surface area contributed by atoms with Gasteiger partial charge in [0, 0.05) is 0 Å². The molecule has 0 radical (unpaired) electrons. The van der Waals surface area contributed by atoms with Crippen LogP contribution in [0, 0.1) is 23.7 Å². The Kier molecular flexibility index (Phi) is 6.09. The molecule has 21 heavy (non-hydrogen) atoms. The summed E-state index contributed by atoms with van der Waals surface area (Å²) in [5, 5.41) is 0. The van der Waals surface area contributed by atoms with Crippen LogP contribution in [0.2, 0.25) is 0 Å². The van der Waals surface area contributed by atoms with Crippen molar-refractivity contribution in [3.63, 3.8) is 0 Å². The van der Waals surface area contributed by atoms with E-state index in [0.717, 1.165) is 25.4 Å². The number of carbonyl (C=O) groups excluding carboxylic acids is 1. The fraction of sp³-hybridized carbons (Fsp3) is 0.944. The number of carbonyl (C=O) groups is 1. The molecule has 3 heteroatoms. The summed E-state index contributed by atoms with van der Waals surface area (Å²) in [6.45, 7) is 12.0. The van der Waals surface area contributed by atoms with Gasteiger partial charge >= 0.3 is 5.97 Å². The van der Waals surface area contributed by atoms with E-state index >= 15 is 0 Å². The fourth-order valence-corrected chi connectivity index (χ4v) is 4.01. The lowest BCUT2D eigenvalue weighted by Crippen LogP contribution is -3.14. The maximum atomic E-state index is 12.3. The summed E-state index contributed by atoms with van der Waals surface area (Å²) in [7, 11) is 0. The van der Waals surface area contributed by atoms with Gasteiger partial charge in [-0.25, -0.2) is 4.79 Å². The molecule has 1 aliphatic heterocycles. The summed E-state index contributed by atoms with van der Waals surface area (Å²) in [6, 6.07) is 0. The first-order valence-corrected chi connectivity index (χ1v) is 8.98. The highest BCUT2D eigenvalue weighted by atomic mass is 16.5. The van der Waals surface area contributed by atoms with Crippen molar-refractivity contribution in [1.82, 2.24) is 0 Å².